The number of para-hydroxylation sites is 4. The van der Waals surface area contributed by atoms with Crippen molar-refractivity contribution in [1.29, 1.82) is 0 Å². The van der Waals surface area contributed by atoms with E-state index in [2.05, 4.69) is 197 Å². The number of methoxy groups -OCH3 is 1. The number of morpholine rings is 1. The molecule has 0 bridgehead atoms. The number of nitrogens with one attached hydrogen (secondary N) is 3. The zero-order valence-electron chi connectivity index (χ0n) is 55.6. The Hall–Kier alpha value is -7.69. The lowest BCUT2D eigenvalue weighted by Gasteiger charge is -2.34. The summed E-state index contributed by atoms with van der Waals surface area (Å²) in [6.07, 6.45) is 20.1. The number of nitrogen functional groups attached to an aromatic ring is 4. The van der Waals surface area contributed by atoms with Gasteiger partial charge >= 0.3 is 0 Å². The van der Waals surface area contributed by atoms with Gasteiger partial charge in [-0.3, -0.25) is 10.1 Å². The molecule has 14 rings (SSSR count). The van der Waals surface area contributed by atoms with Crippen LogP contribution in [0.3, 0.4) is 0 Å². The lowest BCUT2D eigenvalue weighted by Crippen LogP contribution is -2.36. The molecule has 3 aromatic carbocycles. The summed E-state index contributed by atoms with van der Waals surface area (Å²) in [6, 6.07) is 39.5. The van der Waals surface area contributed by atoms with Gasteiger partial charge in [0, 0.05) is 97.8 Å². The van der Waals surface area contributed by atoms with E-state index in [9.17, 15) is 0 Å². The molecule has 11 heterocycles. The fraction of sp³-hybridized carbons (Fsp3) is 0.478. The third-order valence-corrected chi connectivity index (χ3v) is 16.1. The van der Waals surface area contributed by atoms with Crippen LogP contribution in [0.15, 0.2) is 150 Å². The van der Waals surface area contributed by atoms with Crippen molar-refractivity contribution in [2.75, 3.05) is 188 Å². The van der Waals surface area contributed by atoms with Crippen LogP contribution < -0.4 is 53.2 Å². The number of anilines is 9. The van der Waals surface area contributed by atoms with Gasteiger partial charge in [-0.1, -0.05) is 90.9 Å². The molecular formula is C67H105N21O2S3. The van der Waals surface area contributed by atoms with Crippen molar-refractivity contribution in [2.45, 2.75) is 70.6 Å². The molecule has 6 aliphatic rings. The lowest BCUT2D eigenvalue weighted by atomic mass is 10.1. The van der Waals surface area contributed by atoms with E-state index in [0.717, 1.165) is 56.5 Å². The summed E-state index contributed by atoms with van der Waals surface area (Å²) >= 11 is 7.78. The number of nitrogens with zero attached hydrogens (tertiary/aromatic N) is 14. The van der Waals surface area contributed by atoms with Crippen molar-refractivity contribution in [1.82, 2.24) is 60.2 Å². The smallest absolute Gasteiger partial charge is 0.229 e. The molecule has 508 valence electrons. The summed E-state index contributed by atoms with van der Waals surface area (Å²) in [5.41, 5.74) is 27.8. The van der Waals surface area contributed by atoms with Gasteiger partial charge in [0.25, 0.3) is 0 Å². The van der Waals surface area contributed by atoms with E-state index in [0.29, 0.717) is 5.95 Å². The SMILES string of the molecule is C1CCNC1.CN1CCCCC1.CN1CCN(C)c2ccccc21.CNc1nc(N)nc(N)n1.COCCN1CCCCC1.Nc1ncnc(N)n1.S=c1[nH]ncs1.c1ccc(N2CCCCC2)cc1.c1ccc(N2CCOCC2)cc1.c1ccncc1.c1ccsc1. The highest BCUT2D eigenvalue weighted by atomic mass is 32.1. The first-order chi connectivity index (χ1) is 45.4. The highest BCUT2D eigenvalue weighted by molar-refractivity contribution is 7.73. The molecule has 93 heavy (non-hydrogen) atoms. The summed E-state index contributed by atoms with van der Waals surface area (Å²) in [4.78, 5) is 39.6. The summed E-state index contributed by atoms with van der Waals surface area (Å²) in [7, 11) is 9.93. The van der Waals surface area contributed by atoms with E-state index in [1.807, 2.05) is 47.2 Å². The molecular weight excluding hydrogens is 1230 g/mol. The van der Waals surface area contributed by atoms with Crippen LogP contribution in [0.4, 0.5) is 52.5 Å². The number of hydrogen-bond acceptors (Lipinski definition) is 25. The number of rotatable bonds is 6. The van der Waals surface area contributed by atoms with E-state index in [1.165, 1.54) is 163 Å². The molecule has 0 amide bonds. The molecule has 0 aliphatic carbocycles. The van der Waals surface area contributed by atoms with Crippen LogP contribution in [0.2, 0.25) is 0 Å². The molecule has 26 heteroatoms. The Balaban J connectivity index is 0.000000221. The molecule has 5 aromatic heterocycles. The second-order valence-electron chi connectivity index (χ2n) is 21.8. The Kier molecular flexibility index (Phi) is 42.5. The van der Waals surface area contributed by atoms with E-state index in [-0.39, 0.29) is 23.8 Å². The molecule has 23 nitrogen and oxygen atoms in total. The number of likely N-dealkylation sites (N-methyl/N-ethyl adjacent to an activating group) is 2. The number of likely N-dealkylation sites (tertiary alicyclic amines) is 2. The second-order valence-corrected chi connectivity index (χ2v) is 24.1. The Bertz CT molecular complexity index is 2830. The maximum absolute atomic E-state index is 5.28. The first-order valence-electron chi connectivity index (χ1n) is 32.2. The average molecular weight is 1330 g/mol. The zero-order valence-corrected chi connectivity index (χ0v) is 58.1. The topological polar surface area (TPSA) is 285 Å². The molecule has 6 aliphatic heterocycles. The zero-order chi connectivity index (χ0) is 66.6. The van der Waals surface area contributed by atoms with Gasteiger partial charge in [-0.2, -0.15) is 36.4 Å². The summed E-state index contributed by atoms with van der Waals surface area (Å²) in [5.74, 6) is 0.925. The fourth-order valence-corrected chi connectivity index (χ4v) is 10.5. The standard InChI is InChI=1S/C11H15N.C10H14N2.C10H13NO.C8H17NO.C6H13N.C5H5N.C4H8N6.C4H9N.C4H4S.C3H5N5.C2H2N2S2/c1-3-7-11(8-4-1)12-9-5-2-6-10-12;1-11-7-8-12(2)10-6-4-3-5-9(10)11;1-2-4-10(5-3-1)11-6-8-12-9-7-11;1-10-8-7-9-5-3-2-4-6-9;1-7-5-3-2-4-6-7;1-2-4-6-5-3-1;1-7-4-9-2(5)8-3(6)10-4;2*1-2-4-5-3-1;4-2-6-1-7-3(5)8-2;5-2-4-3-1-6-2/h1,3-4,7-8H,2,5-6,9-10H2;3-6H,7-8H2,1-2H3;1-5H,6-9H2;2-8H2,1H3;2-6H2,1H3;1-5H;1H3,(H5,5,6,7,8,9,10);5H,1-4H2;1-4H;1H,(H4,4,5,6,7,8);1H,(H,4,5). The van der Waals surface area contributed by atoms with Crippen molar-refractivity contribution in [3.8, 4) is 0 Å². The maximum Gasteiger partial charge on any atom is 0.229 e. The summed E-state index contributed by atoms with van der Waals surface area (Å²) in [5, 5.41) is 16.2. The van der Waals surface area contributed by atoms with Crippen molar-refractivity contribution in [3.05, 3.63) is 154 Å². The van der Waals surface area contributed by atoms with Gasteiger partial charge < -0.3 is 72.4 Å². The minimum Gasteiger partial charge on any atom is -0.383 e. The Morgan fingerprint density at radius 3 is 1.38 bits per heavy atom. The minimum absolute atomic E-state index is 0.122. The van der Waals surface area contributed by atoms with Gasteiger partial charge in [0.1, 0.15) is 11.8 Å². The fourth-order valence-electron chi connectivity index (χ4n) is 9.54. The van der Waals surface area contributed by atoms with Crippen LogP contribution in [0.25, 0.3) is 0 Å². The number of H-pyrrole nitrogens is 1. The summed E-state index contributed by atoms with van der Waals surface area (Å²) < 4.78 is 11.0. The normalized spacial score (nSPS) is 15.5. The van der Waals surface area contributed by atoms with Crippen molar-refractivity contribution in [3.63, 3.8) is 0 Å². The van der Waals surface area contributed by atoms with E-state index < -0.39 is 0 Å². The van der Waals surface area contributed by atoms with Gasteiger partial charge in [0.05, 0.1) is 31.2 Å². The molecule has 0 atom stereocenters. The highest BCUT2D eigenvalue weighted by Crippen LogP contribution is 2.30. The molecule has 0 radical (unpaired) electrons. The van der Waals surface area contributed by atoms with Crippen LogP contribution >= 0.6 is 34.9 Å². The Morgan fingerprint density at radius 2 is 1.02 bits per heavy atom. The van der Waals surface area contributed by atoms with Crippen molar-refractivity contribution >= 4 is 87.4 Å². The molecule has 5 saturated heterocycles. The van der Waals surface area contributed by atoms with E-state index in [1.54, 1.807) is 43.4 Å². The number of piperidine rings is 3. The van der Waals surface area contributed by atoms with Gasteiger partial charge in [0.15, 0.2) is 3.95 Å². The number of hydrogen-bond donors (Lipinski definition) is 7. The average Bonchev–Trinajstić information content (AvgIpc) is 1.92. The van der Waals surface area contributed by atoms with Gasteiger partial charge in [-0.05, 0) is 176 Å². The van der Waals surface area contributed by atoms with Crippen molar-refractivity contribution < 1.29 is 9.47 Å². The van der Waals surface area contributed by atoms with Crippen LogP contribution in [0.1, 0.15) is 70.6 Å². The third kappa shape index (κ3) is 37.6. The van der Waals surface area contributed by atoms with Gasteiger partial charge in [-0.25, -0.2) is 9.97 Å². The number of aromatic nitrogens is 9. The highest BCUT2D eigenvalue weighted by Gasteiger charge is 2.16. The molecule has 0 unspecified atom stereocenters. The van der Waals surface area contributed by atoms with Crippen molar-refractivity contribution in [2.24, 2.45) is 0 Å². The molecule has 5 fully saturated rings. The second kappa shape index (κ2) is 50.8. The number of fused-ring (bicyclic) bond motifs is 1. The quantitative estimate of drug-likeness (QED) is 0.0762. The third-order valence-electron chi connectivity index (χ3n) is 14.5. The van der Waals surface area contributed by atoms with Crippen LogP contribution in [0.5, 0.6) is 0 Å². The molecule has 8 aromatic rings. The minimum atomic E-state index is 0.122. The number of ether oxygens (including phenoxy) is 2. The molecule has 11 N–H and O–H groups in total. The number of nitrogens with two attached hydrogens (primary N) is 4. The largest absolute Gasteiger partial charge is 0.383 e. The number of thiophene rings is 1. The van der Waals surface area contributed by atoms with Crippen LogP contribution in [0, 0.1) is 3.95 Å². The first kappa shape index (κ1) is 77.8. The van der Waals surface area contributed by atoms with E-state index in [4.69, 9.17) is 32.4 Å². The lowest BCUT2D eigenvalue weighted by molar-refractivity contribution is 0.122. The first-order valence-corrected chi connectivity index (χ1v) is 34.4. The van der Waals surface area contributed by atoms with Gasteiger partial charge in [0.2, 0.25) is 29.7 Å². The van der Waals surface area contributed by atoms with Crippen LogP contribution in [-0.2, 0) is 9.47 Å². The van der Waals surface area contributed by atoms with Crippen LogP contribution in [-0.4, -0.2) is 195 Å². The van der Waals surface area contributed by atoms with Gasteiger partial charge in [-0.15, -0.1) is 0 Å². The number of aromatic amines is 1. The monoisotopic (exact) mass is 1330 g/mol. The predicted molar refractivity (Wildman–Crippen MR) is 393 cm³/mol. The molecule has 0 saturated carbocycles. The molecule has 0 spiro atoms. The Morgan fingerprint density at radius 1 is 0.548 bits per heavy atom. The maximum atomic E-state index is 5.28. The Labute approximate surface area is 566 Å². The van der Waals surface area contributed by atoms with E-state index >= 15 is 0 Å². The predicted octanol–water partition coefficient (Wildman–Crippen LogP) is 10.5. The summed E-state index contributed by atoms with van der Waals surface area (Å²) in [6.45, 7) is 18.2. The number of pyridine rings is 1. The number of benzene rings is 3.